The molecule has 166 valence electrons. The average Bonchev–Trinajstić information content (AvgIpc) is 3.23. The van der Waals surface area contributed by atoms with E-state index in [1.165, 1.54) is 66.1 Å². The van der Waals surface area contributed by atoms with Crippen LogP contribution in [0, 0.1) is 0 Å². The molecule has 0 aliphatic heterocycles. The summed E-state index contributed by atoms with van der Waals surface area (Å²) >= 11 is 4.60. The molecular weight excluding hydrogens is 442 g/mol. The van der Waals surface area contributed by atoms with E-state index in [1.54, 1.807) is 0 Å². The third kappa shape index (κ3) is 2.94. The summed E-state index contributed by atoms with van der Waals surface area (Å²) in [5.41, 5.74) is 17.5. The highest BCUT2D eigenvalue weighted by molar-refractivity contribution is 7.80. The molecule has 35 heavy (non-hydrogen) atoms. The number of hydrogen-bond acceptors (Lipinski definition) is 2. The molecule has 1 atom stereocenters. The Kier molecular flexibility index (Phi) is 4.60. The Morgan fingerprint density at radius 3 is 1.49 bits per heavy atom. The lowest BCUT2D eigenvalue weighted by atomic mass is 9.82. The Bertz CT molecular complexity index is 1660. The highest BCUT2D eigenvalue weighted by Gasteiger charge is 2.31. The first-order valence-corrected chi connectivity index (χ1v) is 12.5. The molecule has 6 aromatic carbocycles. The minimum absolute atomic E-state index is 0.329. The third-order valence-electron chi connectivity index (χ3n) is 7.27. The second kappa shape index (κ2) is 7.84. The maximum atomic E-state index is 6.29. The Balaban J connectivity index is 1.75. The van der Waals surface area contributed by atoms with Gasteiger partial charge in [-0.05, 0) is 71.6 Å². The van der Waals surface area contributed by atoms with Crippen LogP contribution in [0.5, 0.6) is 0 Å². The van der Waals surface area contributed by atoms with Gasteiger partial charge in [0.05, 0.1) is 5.37 Å². The minimum atomic E-state index is -0.329. The molecule has 1 aliphatic rings. The van der Waals surface area contributed by atoms with Crippen LogP contribution in [0.3, 0.4) is 0 Å². The highest BCUT2D eigenvalue weighted by atomic mass is 32.1. The molecule has 2 N–H and O–H groups in total. The molecule has 0 radical (unpaired) electrons. The van der Waals surface area contributed by atoms with Gasteiger partial charge in [-0.25, -0.2) is 0 Å². The van der Waals surface area contributed by atoms with Gasteiger partial charge in [0.2, 0.25) is 0 Å². The molecule has 0 aromatic heterocycles. The zero-order valence-corrected chi connectivity index (χ0v) is 20.0. The molecule has 0 fully saturated rings. The largest absolute Gasteiger partial charge is 0.316 e. The summed E-state index contributed by atoms with van der Waals surface area (Å²) in [7, 11) is 0. The van der Waals surface area contributed by atoms with Gasteiger partial charge < -0.3 is 5.73 Å². The lowest BCUT2D eigenvalue weighted by Crippen LogP contribution is -2.02. The first kappa shape index (κ1) is 20.5. The molecule has 1 unspecified atom stereocenters. The van der Waals surface area contributed by atoms with E-state index in [-0.39, 0.29) is 5.37 Å². The van der Waals surface area contributed by atoms with Gasteiger partial charge >= 0.3 is 0 Å². The lowest BCUT2D eigenvalue weighted by molar-refractivity contribution is 1.06. The maximum Gasteiger partial charge on any atom is 0.0740 e. The first-order chi connectivity index (χ1) is 17.2. The number of fused-ring (bicyclic) bond motifs is 4. The van der Waals surface area contributed by atoms with Crippen LogP contribution in [0.1, 0.15) is 10.9 Å². The van der Waals surface area contributed by atoms with E-state index in [0.717, 1.165) is 5.56 Å². The summed E-state index contributed by atoms with van der Waals surface area (Å²) in [6.45, 7) is 0. The van der Waals surface area contributed by atoms with Gasteiger partial charge in [0.1, 0.15) is 0 Å². The summed E-state index contributed by atoms with van der Waals surface area (Å²) in [4.78, 5) is 0. The van der Waals surface area contributed by atoms with Crippen molar-refractivity contribution in [2.75, 3.05) is 0 Å². The molecular formula is C33H23NS. The van der Waals surface area contributed by atoms with Gasteiger partial charge in [0, 0.05) is 0 Å². The number of rotatable bonds is 3. The average molecular weight is 466 g/mol. The molecule has 6 aromatic rings. The van der Waals surface area contributed by atoms with Crippen LogP contribution in [0.4, 0.5) is 0 Å². The lowest BCUT2D eigenvalue weighted by Gasteiger charge is -2.20. The summed E-state index contributed by atoms with van der Waals surface area (Å²) in [5.74, 6) is 0. The topological polar surface area (TPSA) is 26.0 Å². The van der Waals surface area contributed by atoms with E-state index in [0.29, 0.717) is 0 Å². The van der Waals surface area contributed by atoms with Crippen LogP contribution < -0.4 is 5.73 Å². The van der Waals surface area contributed by atoms with E-state index < -0.39 is 0 Å². The van der Waals surface area contributed by atoms with Crippen molar-refractivity contribution in [2.24, 2.45) is 5.73 Å². The summed E-state index contributed by atoms with van der Waals surface area (Å²) in [6, 6.07) is 41.4. The van der Waals surface area contributed by atoms with Gasteiger partial charge in [0.15, 0.2) is 0 Å². The van der Waals surface area contributed by atoms with Crippen LogP contribution in [0.25, 0.3) is 66.1 Å². The summed E-state index contributed by atoms with van der Waals surface area (Å²) in [5, 5.41) is 4.67. The van der Waals surface area contributed by atoms with Gasteiger partial charge in [-0.3, -0.25) is 0 Å². The van der Waals surface area contributed by atoms with Gasteiger partial charge in [-0.15, -0.1) is 0 Å². The molecule has 2 heteroatoms. The molecule has 0 bridgehead atoms. The fraction of sp³-hybridized carbons (Fsp3) is 0.0303. The predicted octanol–water partition coefficient (Wildman–Crippen LogP) is 8.86. The SMILES string of the molecule is NC(S)c1ccc2c3c(cccc13)-c1c-2c(-c2ccccc2)c2ccccc2c1-c1ccccc1. The van der Waals surface area contributed by atoms with Crippen molar-refractivity contribution in [1.82, 2.24) is 0 Å². The van der Waals surface area contributed by atoms with E-state index in [4.69, 9.17) is 5.73 Å². The fourth-order valence-electron chi connectivity index (χ4n) is 5.89. The van der Waals surface area contributed by atoms with Gasteiger partial charge in [-0.2, -0.15) is 12.6 Å². The Labute approximate surface area is 210 Å². The summed E-state index contributed by atoms with van der Waals surface area (Å²) < 4.78 is 0. The van der Waals surface area contributed by atoms with Crippen molar-refractivity contribution in [1.29, 1.82) is 0 Å². The molecule has 0 saturated carbocycles. The minimum Gasteiger partial charge on any atom is -0.316 e. The smallest absolute Gasteiger partial charge is 0.0740 e. The van der Waals surface area contributed by atoms with Crippen LogP contribution in [0.15, 0.2) is 115 Å². The van der Waals surface area contributed by atoms with Crippen molar-refractivity contribution in [3.05, 3.63) is 121 Å². The number of benzene rings is 6. The van der Waals surface area contributed by atoms with E-state index >= 15 is 0 Å². The molecule has 0 amide bonds. The monoisotopic (exact) mass is 465 g/mol. The fourth-order valence-corrected chi connectivity index (χ4v) is 6.12. The molecule has 1 aliphatic carbocycles. The van der Waals surface area contributed by atoms with Crippen LogP contribution in [0.2, 0.25) is 0 Å². The Hall–Kier alpha value is -3.85. The maximum absolute atomic E-state index is 6.29. The van der Waals surface area contributed by atoms with Crippen molar-refractivity contribution >= 4 is 34.2 Å². The zero-order chi connectivity index (χ0) is 23.5. The second-order valence-electron chi connectivity index (χ2n) is 9.15. The standard InChI is InChI=1S/C33H23NS/c34-33(35)25-18-19-27-30-24(25)16-9-17-26(30)31-28(20-10-3-1-4-11-20)22-14-7-8-15-23(22)29(32(27)31)21-12-5-2-6-13-21/h1-19,33,35H,34H2. The van der Waals surface area contributed by atoms with E-state index in [9.17, 15) is 0 Å². The summed E-state index contributed by atoms with van der Waals surface area (Å²) in [6.07, 6.45) is 0. The molecule has 0 heterocycles. The van der Waals surface area contributed by atoms with Gasteiger partial charge in [-0.1, -0.05) is 115 Å². The van der Waals surface area contributed by atoms with Crippen molar-refractivity contribution in [3.8, 4) is 44.5 Å². The quantitative estimate of drug-likeness (QED) is 0.198. The number of nitrogens with two attached hydrogens (primary N) is 1. The van der Waals surface area contributed by atoms with Crippen molar-refractivity contribution in [2.45, 2.75) is 5.37 Å². The number of thiol groups is 1. The highest BCUT2D eigenvalue weighted by Crippen LogP contribution is 2.58. The van der Waals surface area contributed by atoms with Crippen LogP contribution in [-0.2, 0) is 0 Å². The molecule has 0 spiro atoms. The Morgan fingerprint density at radius 2 is 0.943 bits per heavy atom. The van der Waals surface area contributed by atoms with Crippen molar-refractivity contribution < 1.29 is 0 Å². The molecule has 7 rings (SSSR count). The van der Waals surface area contributed by atoms with E-state index in [1.807, 2.05) is 0 Å². The predicted molar refractivity (Wildman–Crippen MR) is 153 cm³/mol. The third-order valence-corrected chi connectivity index (χ3v) is 7.55. The van der Waals surface area contributed by atoms with Crippen LogP contribution in [-0.4, -0.2) is 0 Å². The van der Waals surface area contributed by atoms with Crippen molar-refractivity contribution in [3.63, 3.8) is 0 Å². The van der Waals surface area contributed by atoms with Crippen LogP contribution >= 0.6 is 12.6 Å². The molecule has 0 saturated heterocycles. The zero-order valence-electron chi connectivity index (χ0n) is 19.1. The number of hydrogen-bond donors (Lipinski definition) is 2. The molecule has 1 nitrogen and oxygen atoms in total. The second-order valence-corrected chi connectivity index (χ2v) is 9.71. The normalized spacial score (nSPS) is 12.7. The van der Waals surface area contributed by atoms with E-state index in [2.05, 4.69) is 128 Å². The Morgan fingerprint density at radius 1 is 0.457 bits per heavy atom. The van der Waals surface area contributed by atoms with Gasteiger partial charge in [0.25, 0.3) is 0 Å². The first-order valence-electron chi connectivity index (χ1n) is 11.9.